The van der Waals surface area contributed by atoms with Crippen LogP contribution in [-0.2, 0) is 0 Å². The highest BCUT2D eigenvalue weighted by Crippen LogP contribution is 2.53. The molecule has 0 bridgehead atoms. The largest absolute Gasteiger partial charge is 0.372 e. The number of hydrogen-bond donors (Lipinski definition) is 1. The summed E-state index contributed by atoms with van der Waals surface area (Å²) in [5.74, 6) is 0.560. The molecule has 0 fully saturated rings. The van der Waals surface area contributed by atoms with Crippen molar-refractivity contribution in [1.82, 2.24) is 0 Å². The number of aryl methyl sites for hydroxylation is 1. The first-order valence-corrected chi connectivity index (χ1v) is 8.82. The molecule has 25 heavy (non-hydrogen) atoms. The maximum absolute atomic E-state index is 11.6. The third kappa shape index (κ3) is 2.52. The quantitative estimate of drug-likeness (QED) is 0.428. The number of anilines is 1. The average molecular weight is 355 g/mol. The minimum Gasteiger partial charge on any atom is -0.372 e. The Morgan fingerprint density at radius 1 is 1.24 bits per heavy atom. The molecule has 2 aliphatic rings. The van der Waals surface area contributed by atoms with Crippen LogP contribution in [-0.4, -0.2) is 4.92 Å². The van der Waals surface area contributed by atoms with Crippen LogP contribution in [0.5, 0.6) is 0 Å². The molecule has 1 aliphatic heterocycles. The first-order valence-electron chi connectivity index (χ1n) is 8.44. The van der Waals surface area contributed by atoms with E-state index in [9.17, 15) is 10.1 Å². The lowest BCUT2D eigenvalue weighted by atomic mass is 9.74. The lowest BCUT2D eigenvalue weighted by Gasteiger charge is -2.38. The number of allylic oxidation sites excluding steroid dienone is 2. The molecule has 0 saturated heterocycles. The first-order chi connectivity index (χ1) is 12.0. The second-order valence-electron chi connectivity index (χ2n) is 6.91. The van der Waals surface area contributed by atoms with Crippen LogP contribution in [0.3, 0.4) is 0 Å². The van der Waals surface area contributed by atoms with Crippen LogP contribution in [0.2, 0.25) is 5.02 Å². The first kappa shape index (κ1) is 16.2. The van der Waals surface area contributed by atoms with Gasteiger partial charge in [-0.1, -0.05) is 35.9 Å². The number of hydrogen-bond acceptors (Lipinski definition) is 3. The van der Waals surface area contributed by atoms with Gasteiger partial charge in [0, 0.05) is 17.0 Å². The number of rotatable bonds is 2. The number of halogens is 1. The summed E-state index contributed by atoms with van der Waals surface area (Å²) < 4.78 is 0. The topological polar surface area (TPSA) is 55.2 Å². The van der Waals surface area contributed by atoms with Crippen LogP contribution in [0.25, 0.3) is 0 Å². The number of nitrogens with zero attached hydrogens (tertiary/aromatic N) is 1. The number of fused-ring (bicyclic) bond motifs is 3. The SMILES string of the molecule is Cc1cc([N+](=O)[O-])c2c(c1C)C1C=CCC1[C@@H](c1ccc(Cl)cc1)N2. The van der Waals surface area contributed by atoms with E-state index in [1.807, 2.05) is 31.2 Å². The molecule has 0 aromatic heterocycles. The smallest absolute Gasteiger partial charge is 0.292 e. The monoisotopic (exact) mass is 354 g/mol. The Labute approximate surface area is 151 Å². The van der Waals surface area contributed by atoms with Crippen LogP contribution in [0.4, 0.5) is 11.4 Å². The van der Waals surface area contributed by atoms with Crippen molar-refractivity contribution in [3.63, 3.8) is 0 Å². The van der Waals surface area contributed by atoms with Crippen molar-refractivity contribution in [2.45, 2.75) is 32.2 Å². The van der Waals surface area contributed by atoms with Gasteiger partial charge in [-0.15, -0.1) is 0 Å². The summed E-state index contributed by atoms with van der Waals surface area (Å²) in [6.07, 6.45) is 5.37. The van der Waals surface area contributed by atoms with Gasteiger partial charge >= 0.3 is 0 Å². The van der Waals surface area contributed by atoms with E-state index < -0.39 is 0 Å². The molecule has 1 aliphatic carbocycles. The molecular formula is C20H19ClN2O2. The molecule has 0 saturated carbocycles. The molecule has 0 spiro atoms. The van der Waals surface area contributed by atoms with E-state index in [0.29, 0.717) is 16.6 Å². The normalized spacial score (nSPS) is 23.7. The van der Waals surface area contributed by atoms with Crippen molar-refractivity contribution in [2.75, 3.05) is 5.32 Å². The van der Waals surface area contributed by atoms with E-state index in [-0.39, 0.29) is 22.6 Å². The maximum atomic E-state index is 11.6. The fourth-order valence-corrected chi connectivity index (χ4v) is 4.35. The maximum Gasteiger partial charge on any atom is 0.292 e. The van der Waals surface area contributed by atoms with E-state index in [2.05, 4.69) is 24.4 Å². The van der Waals surface area contributed by atoms with Gasteiger partial charge in [0.25, 0.3) is 5.69 Å². The third-order valence-corrected chi connectivity index (χ3v) is 5.83. The molecule has 2 unspecified atom stereocenters. The molecule has 1 N–H and O–H groups in total. The van der Waals surface area contributed by atoms with Crippen LogP contribution >= 0.6 is 11.6 Å². The van der Waals surface area contributed by atoms with Gasteiger partial charge in [-0.25, -0.2) is 0 Å². The zero-order valence-electron chi connectivity index (χ0n) is 14.1. The zero-order chi connectivity index (χ0) is 17.7. The molecule has 0 radical (unpaired) electrons. The molecule has 5 heteroatoms. The summed E-state index contributed by atoms with van der Waals surface area (Å²) in [7, 11) is 0. The standard InChI is InChI=1S/C20H19ClN2O2/c1-11-10-17(23(24)25)20-18(12(11)2)15-4-3-5-16(15)19(22-20)13-6-8-14(21)9-7-13/h3-4,6-10,15-16,19,22H,5H2,1-2H3/t15?,16?,19-/m1/s1. The van der Waals surface area contributed by atoms with Crippen molar-refractivity contribution < 1.29 is 4.92 Å². The van der Waals surface area contributed by atoms with Crippen LogP contribution in [0.1, 0.15) is 40.6 Å². The van der Waals surface area contributed by atoms with Gasteiger partial charge < -0.3 is 5.32 Å². The lowest BCUT2D eigenvalue weighted by Crippen LogP contribution is -2.30. The molecule has 2 aromatic carbocycles. The zero-order valence-corrected chi connectivity index (χ0v) is 14.9. The third-order valence-electron chi connectivity index (χ3n) is 5.57. The van der Waals surface area contributed by atoms with E-state index in [1.165, 1.54) is 0 Å². The molecule has 1 heterocycles. The lowest BCUT2D eigenvalue weighted by molar-refractivity contribution is -0.384. The van der Waals surface area contributed by atoms with Crippen LogP contribution in [0, 0.1) is 29.9 Å². The van der Waals surface area contributed by atoms with E-state index >= 15 is 0 Å². The second kappa shape index (κ2) is 5.88. The highest BCUT2D eigenvalue weighted by Gasteiger charge is 2.41. The summed E-state index contributed by atoms with van der Waals surface area (Å²) in [6.45, 7) is 4.01. The average Bonchev–Trinajstić information content (AvgIpc) is 3.07. The fraction of sp³-hybridized carbons (Fsp3) is 0.300. The summed E-state index contributed by atoms with van der Waals surface area (Å²) in [5, 5.41) is 15.8. The Morgan fingerprint density at radius 3 is 2.64 bits per heavy atom. The van der Waals surface area contributed by atoms with E-state index in [1.54, 1.807) is 6.07 Å². The van der Waals surface area contributed by atoms with Gasteiger partial charge in [-0.3, -0.25) is 10.1 Å². The van der Waals surface area contributed by atoms with Gasteiger partial charge in [0.2, 0.25) is 0 Å². The summed E-state index contributed by atoms with van der Waals surface area (Å²) in [6, 6.07) is 9.48. The van der Waals surface area contributed by atoms with Crippen molar-refractivity contribution in [3.05, 3.63) is 79.9 Å². The molecule has 4 nitrogen and oxygen atoms in total. The Bertz CT molecular complexity index is 890. The molecular weight excluding hydrogens is 336 g/mol. The Morgan fingerprint density at radius 2 is 1.96 bits per heavy atom. The number of nitro benzene ring substituents is 1. The summed E-state index contributed by atoms with van der Waals surface area (Å²) >= 11 is 6.03. The fourth-order valence-electron chi connectivity index (χ4n) is 4.22. The van der Waals surface area contributed by atoms with Gasteiger partial charge in [0.05, 0.1) is 11.0 Å². The molecule has 128 valence electrons. The summed E-state index contributed by atoms with van der Waals surface area (Å²) in [4.78, 5) is 11.4. The van der Waals surface area contributed by atoms with E-state index in [4.69, 9.17) is 11.6 Å². The van der Waals surface area contributed by atoms with Crippen molar-refractivity contribution in [2.24, 2.45) is 5.92 Å². The number of benzene rings is 2. The Hall–Kier alpha value is -2.33. The van der Waals surface area contributed by atoms with Crippen molar-refractivity contribution in [3.8, 4) is 0 Å². The highest BCUT2D eigenvalue weighted by atomic mass is 35.5. The number of nitrogens with one attached hydrogen (secondary N) is 1. The highest BCUT2D eigenvalue weighted by molar-refractivity contribution is 6.30. The predicted molar refractivity (Wildman–Crippen MR) is 100 cm³/mol. The van der Waals surface area contributed by atoms with Crippen molar-refractivity contribution in [1.29, 1.82) is 0 Å². The van der Waals surface area contributed by atoms with E-state index in [0.717, 1.165) is 28.7 Å². The van der Waals surface area contributed by atoms with Gasteiger partial charge in [0.15, 0.2) is 0 Å². The molecule has 2 aromatic rings. The summed E-state index contributed by atoms with van der Waals surface area (Å²) in [5.41, 5.74) is 5.13. The predicted octanol–water partition coefficient (Wildman–Crippen LogP) is 5.69. The molecule has 3 atom stereocenters. The minimum atomic E-state index is -0.282. The van der Waals surface area contributed by atoms with Crippen molar-refractivity contribution >= 4 is 23.0 Å². The van der Waals surface area contributed by atoms with Crippen LogP contribution in [0.15, 0.2) is 42.5 Å². The molecule has 0 amide bonds. The minimum absolute atomic E-state index is 0.0329. The number of nitro groups is 1. The molecule has 4 rings (SSSR count). The van der Waals surface area contributed by atoms with Gasteiger partial charge in [0.1, 0.15) is 5.69 Å². The Kier molecular flexibility index (Phi) is 3.80. The van der Waals surface area contributed by atoms with Crippen LogP contribution < -0.4 is 5.32 Å². The van der Waals surface area contributed by atoms with Gasteiger partial charge in [-0.2, -0.15) is 0 Å². The second-order valence-corrected chi connectivity index (χ2v) is 7.35. The van der Waals surface area contributed by atoms with Gasteiger partial charge in [-0.05, 0) is 60.6 Å². The Balaban J connectivity index is 1.90.